The summed E-state index contributed by atoms with van der Waals surface area (Å²) in [5, 5.41) is 10.4. The van der Waals surface area contributed by atoms with Gasteiger partial charge in [0.05, 0.1) is 12.6 Å². The van der Waals surface area contributed by atoms with Crippen molar-refractivity contribution in [1.82, 2.24) is 5.32 Å². The van der Waals surface area contributed by atoms with Gasteiger partial charge in [-0.15, -0.1) is 0 Å². The van der Waals surface area contributed by atoms with E-state index in [-0.39, 0.29) is 12.1 Å². The standard InChI is InChI=1S/C10H8BrF3N2/c11-8-3-1-7(2-4-8)9(10(12,13)14)16-6-5-15/h1-4,9,16H,6H2/t9-/m0/s1. The molecule has 0 aliphatic carbocycles. The zero-order valence-electron chi connectivity index (χ0n) is 8.05. The molecule has 0 saturated carbocycles. The van der Waals surface area contributed by atoms with E-state index in [2.05, 4.69) is 21.2 Å². The lowest BCUT2D eigenvalue weighted by molar-refractivity contribution is -0.157. The van der Waals surface area contributed by atoms with Gasteiger partial charge in [0.1, 0.15) is 6.04 Å². The normalized spacial score (nSPS) is 13.2. The highest BCUT2D eigenvalue weighted by atomic mass is 79.9. The molecule has 1 atom stereocenters. The molecule has 0 radical (unpaired) electrons. The summed E-state index contributed by atoms with van der Waals surface area (Å²) in [6.45, 7) is -0.347. The fraction of sp³-hybridized carbons (Fsp3) is 0.300. The van der Waals surface area contributed by atoms with E-state index >= 15 is 0 Å². The third kappa shape index (κ3) is 3.51. The first kappa shape index (κ1) is 13.0. The second-order valence-electron chi connectivity index (χ2n) is 3.07. The molecule has 0 fully saturated rings. The van der Waals surface area contributed by atoms with Crippen LogP contribution in [0.4, 0.5) is 13.2 Å². The molecule has 0 spiro atoms. The number of nitriles is 1. The highest BCUT2D eigenvalue weighted by Gasteiger charge is 2.40. The smallest absolute Gasteiger partial charge is 0.290 e. The Kier molecular flexibility index (Phi) is 4.33. The van der Waals surface area contributed by atoms with Crippen molar-refractivity contribution < 1.29 is 13.2 Å². The molecular weight excluding hydrogens is 285 g/mol. The van der Waals surface area contributed by atoms with Crippen LogP contribution in [0.1, 0.15) is 11.6 Å². The maximum Gasteiger partial charge on any atom is 0.407 e. The van der Waals surface area contributed by atoms with Crippen LogP contribution in [0.25, 0.3) is 0 Å². The van der Waals surface area contributed by atoms with E-state index in [0.29, 0.717) is 4.47 Å². The average Bonchev–Trinajstić information content (AvgIpc) is 2.19. The molecule has 0 aliphatic rings. The summed E-state index contributed by atoms with van der Waals surface area (Å²) < 4.78 is 38.6. The summed E-state index contributed by atoms with van der Waals surface area (Å²) in [7, 11) is 0. The van der Waals surface area contributed by atoms with Crippen LogP contribution in [0.2, 0.25) is 0 Å². The molecule has 0 aromatic heterocycles. The SMILES string of the molecule is N#CCN[C@@H](c1ccc(Br)cc1)C(F)(F)F. The van der Waals surface area contributed by atoms with Crippen LogP contribution < -0.4 is 5.32 Å². The van der Waals surface area contributed by atoms with Crippen molar-refractivity contribution in [2.45, 2.75) is 12.2 Å². The highest BCUT2D eigenvalue weighted by Crippen LogP contribution is 2.32. The van der Waals surface area contributed by atoms with E-state index in [4.69, 9.17) is 5.26 Å². The van der Waals surface area contributed by atoms with Crippen LogP contribution in [-0.2, 0) is 0 Å². The molecule has 1 rings (SSSR count). The Bertz CT molecular complexity index is 381. The Balaban J connectivity index is 2.93. The summed E-state index contributed by atoms with van der Waals surface area (Å²) >= 11 is 3.14. The minimum atomic E-state index is -4.41. The minimum Gasteiger partial charge on any atom is -0.290 e. The van der Waals surface area contributed by atoms with E-state index in [0.717, 1.165) is 0 Å². The maximum absolute atomic E-state index is 12.6. The number of hydrogen-bond donors (Lipinski definition) is 1. The molecule has 0 heterocycles. The molecule has 0 saturated heterocycles. The van der Waals surface area contributed by atoms with Crippen LogP contribution in [0, 0.1) is 11.3 Å². The van der Waals surface area contributed by atoms with Crippen molar-refractivity contribution in [3.05, 3.63) is 34.3 Å². The van der Waals surface area contributed by atoms with Crippen molar-refractivity contribution in [3.63, 3.8) is 0 Å². The lowest BCUT2D eigenvalue weighted by Gasteiger charge is -2.20. The molecule has 0 amide bonds. The monoisotopic (exact) mass is 292 g/mol. The van der Waals surface area contributed by atoms with Crippen molar-refractivity contribution in [3.8, 4) is 6.07 Å². The van der Waals surface area contributed by atoms with Gasteiger partial charge in [0.15, 0.2) is 0 Å². The van der Waals surface area contributed by atoms with Gasteiger partial charge >= 0.3 is 6.18 Å². The van der Waals surface area contributed by atoms with Crippen molar-refractivity contribution >= 4 is 15.9 Å². The van der Waals surface area contributed by atoms with Crippen LogP contribution in [0.5, 0.6) is 0 Å². The van der Waals surface area contributed by atoms with Gasteiger partial charge in [-0.25, -0.2) is 0 Å². The summed E-state index contributed by atoms with van der Waals surface area (Å²) in [6.07, 6.45) is -4.41. The van der Waals surface area contributed by atoms with Gasteiger partial charge in [0.2, 0.25) is 0 Å². The Morgan fingerprint density at radius 2 is 1.88 bits per heavy atom. The molecule has 0 aliphatic heterocycles. The number of halogens is 4. The largest absolute Gasteiger partial charge is 0.407 e. The van der Waals surface area contributed by atoms with Gasteiger partial charge in [-0.3, -0.25) is 5.32 Å². The lowest BCUT2D eigenvalue weighted by Crippen LogP contribution is -2.34. The zero-order valence-corrected chi connectivity index (χ0v) is 9.64. The van der Waals surface area contributed by atoms with Gasteiger partial charge in [0.25, 0.3) is 0 Å². The number of benzene rings is 1. The van der Waals surface area contributed by atoms with Gasteiger partial charge in [0, 0.05) is 4.47 Å². The van der Waals surface area contributed by atoms with Gasteiger partial charge in [-0.2, -0.15) is 18.4 Å². The van der Waals surface area contributed by atoms with Crippen LogP contribution >= 0.6 is 15.9 Å². The van der Waals surface area contributed by atoms with Crippen LogP contribution in [0.3, 0.4) is 0 Å². The molecule has 1 aromatic rings. The van der Waals surface area contributed by atoms with E-state index < -0.39 is 12.2 Å². The quantitative estimate of drug-likeness (QED) is 0.869. The second-order valence-corrected chi connectivity index (χ2v) is 3.98. The lowest BCUT2D eigenvalue weighted by atomic mass is 10.1. The first-order chi connectivity index (χ1) is 7.45. The number of hydrogen-bond acceptors (Lipinski definition) is 2. The first-order valence-electron chi connectivity index (χ1n) is 4.37. The number of alkyl halides is 3. The predicted octanol–water partition coefficient (Wildman–Crippen LogP) is 3.17. The second kappa shape index (κ2) is 5.32. The molecule has 6 heteroatoms. The zero-order chi connectivity index (χ0) is 12.2. The minimum absolute atomic E-state index is 0.0888. The average molecular weight is 293 g/mol. The Hall–Kier alpha value is -1.06. The van der Waals surface area contributed by atoms with Crippen LogP contribution in [0.15, 0.2) is 28.7 Å². The van der Waals surface area contributed by atoms with Crippen molar-refractivity contribution in [2.75, 3.05) is 6.54 Å². The Morgan fingerprint density at radius 1 is 1.31 bits per heavy atom. The molecule has 1 aromatic carbocycles. The molecule has 0 bridgehead atoms. The fourth-order valence-corrected chi connectivity index (χ4v) is 1.49. The van der Waals surface area contributed by atoms with E-state index in [1.54, 1.807) is 6.07 Å². The highest BCUT2D eigenvalue weighted by molar-refractivity contribution is 9.10. The Morgan fingerprint density at radius 3 is 2.31 bits per heavy atom. The van der Waals surface area contributed by atoms with Crippen molar-refractivity contribution in [1.29, 1.82) is 5.26 Å². The predicted molar refractivity (Wildman–Crippen MR) is 56.6 cm³/mol. The van der Waals surface area contributed by atoms with E-state index in [9.17, 15) is 13.2 Å². The molecular formula is C10H8BrF3N2. The van der Waals surface area contributed by atoms with Gasteiger partial charge < -0.3 is 0 Å². The topological polar surface area (TPSA) is 35.8 Å². The van der Waals surface area contributed by atoms with Crippen LogP contribution in [-0.4, -0.2) is 12.7 Å². The number of nitrogens with zero attached hydrogens (tertiary/aromatic N) is 1. The molecule has 2 nitrogen and oxygen atoms in total. The summed E-state index contributed by atoms with van der Waals surface area (Å²) in [5.74, 6) is 0. The number of rotatable bonds is 3. The van der Waals surface area contributed by atoms with Gasteiger partial charge in [-0.05, 0) is 17.7 Å². The summed E-state index contributed by atoms with van der Waals surface area (Å²) in [5.41, 5.74) is 0.0888. The Labute approximate surface area is 99.2 Å². The van der Waals surface area contributed by atoms with E-state index in [1.165, 1.54) is 24.3 Å². The third-order valence-electron chi connectivity index (χ3n) is 1.92. The van der Waals surface area contributed by atoms with Gasteiger partial charge in [-0.1, -0.05) is 28.1 Å². The summed E-state index contributed by atoms with van der Waals surface area (Å²) in [4.78, 5) is 0. The molecule has 16 heavy (non-hydrogen) atoms. The third-order valence-corrected chi connectivity index (χ3v) is 2.44. The summed E-state index contributed by atoms with van der Waals surface area (Å²) in [6, 6.07) is 5.62. The maximum atomic E-state index is 12.6. The molecule has 0 unspecified atom stereocenters. The van der Waals surface area contributed by atoms with Crippen molar-refractivity contribution in [2.24, 2.45) is 0 Å². The first-order valence-corrected chi connectivity index (χ1v) is 5.17. The molecule has 86 valence electrons. The van der Waals surface area contributed by atoms with E-state index in [1.807, 2.05) is 0 Å². The number of nitrogens with one attached hydrogen (secondary N) is 1. The molecule has 1 N–H and O–H groups in total. The fourth-order valence-electron chi connectivity index (χ4n) is 1.23.